The van der Waals surface area contributed by atoms with Gasteiger partial charge < -0.3 is 19.5 Å². The van der Waals surface area contributed by atoms with Crippen molar-refractivity contribution in [3.8, 4) is 11.5 Å². The Balaban J connectivity index is 1.93. The van der Waals surface area contributed by atoms with Gasteiger partial charge in [-0.15, -0.1) is 0 Å². The van der Waals surface area contributed by atoms with E-state index >= 15 is 0 Å². The summed E-state index contributed by atoms with van der Waals surface area (Å²) >= 11 is 0. The molecule has 0 heterocycles. The van der Waals surface area contributed by atoms with Crippen molar-refractivity contribution in [2.24, 2.45) is 0 Å². The highest BCUT2D eigenvalue weighted by Crippen LogP contribution is 2.30. The molecule has 138 valence electrons. The van der Waals surface area contributed by atoms with E-state index in [0.717, 1.165) is 12.1 Å². The molecule has 0 aliphatic carbocycles. The van der Waals surface area contributed by atoms with Crippen molar-refractivity contribution in [3.63, 3.8) is 0 Å². The number of anilines is 1. The minimum atomic E-state index is -0.707. The maximum absolute atomic E-state index is 12.8. The van der Waals surface area contributed by atoms with E-state index in [4.69, 9.17) is 14.2 Å². The molecule has 0 bridgehead atoms. The molecule has 2 aromatic rings. The highest BCUT2D eigenvalue weighted by Gasteiger charge is 2.12. The second-order valence-electron chi connectivity index (χ2n) is 5.16. The number of amides is 1. The lowest BCUT2D eigenvalue weighted by atomic mass is 10.2. The quantitative estimate of drug-likeness (QED) is 0.730. The van der Waals surface area contributed by atoms with Crippen LogP contribution in [0.2, 0.25) is 0 Å². The molecule has 0 unspecified atom stereocenters. The summed E-state index contributed by atoms with van der Waals surface area (Å²) in [6, 6.07) is 9.85. The first kappa shape index (κ1) is 19.2. The molecule has 0 fully saturated rings. The van der Waals surface area contributed by atoms with E-state index in [1.54, 1.807) is 18.2 Å². The number of benzene rings is 2. The van der Waals surface area contributed by atoms with Crippen LogP contribution >= 0.6 is 0 Å². The Morgan fingerprint density at radius 1 is 0.962 bits per heavy atom. The highest BCUT2D eigenvalue weighted by molar-refractivity contribution is 5.95. The maximum atomic E-state index is 12.8. The predicted octanol–water partition coefficient (Wildman–Crippen LogP) is 3.42. The van der Waals surface area contributed by atoms with Gasteiger partial charge in [0.25, 0.3) is 5.91 Å². The molecule has 0 aliphatic rings. The Bertz CT molecular complexity index is 761. The van der Waals surface area contributed by atoms with E-state index in [0.29, 0.717) is 30.4 Å². The van der Waals surface area contributed by atoms with Crippen LogP contribution in [0, 0.1) is 5.82 Å². The standard InChI is InChI=1S/C19H20FNO5/c1-3-24-16-10-9-15(11-17(16)25-4-2)21-18(22)12-26-19(23)13-5-7-14(20)8-6-13/h5-11H,3-4,12H2,1-2H3,(H,21,22). The van der Waals surface area contributed by atoms with E-state index < -0.39 is 24.3 Å². The van der Waals surface area contributed by atoms with Crippen LogP contribution in [0.4, 0.5) is 10.1 Å². The fourth-order valence-corrected chi connectivity index (χ4v) is 2.13. The van der Waals surface area contributed by atoms with Crippen LogP contribution in [0.25, 0.3) is 0 Å². The van der Waals surface area contributed by atoms with Gasteiger partial charge in [-0.05, 0) is 50.2 Å². The first-order valence-electron chi connectivity index (χ1n) is 8.15. The molecule has 0 spiro atoms. The summed E-state index contributed by atoms with van der Waals surface area (Å²) in [5.41, 5.74) is 0.652. The molecule has 0 aromatic heterocycles. The second-order valence-corrected chi connectivity index (χ2v) is 5.16. The third kappa shape index (κ3) is 5.47. The molecule has 0 atom stereocenters. The van der Waals surface area contributed by atoms with Gasteiger partial charge in [0.1, 0.15) is 5.82 Å². The molecule has 6 nitrogen and oxygen atoms in total. The normalized spacial score (nSPS) is 10.1. The second kappa shape index (κ2) is 9.41. The Labute approximate surface area is 150 Å². The Morgan fingerprint density at radius 2 is 1.62 bits per heavy atom. The fourth-order valence-electron chi connectivity index (χ4n) is 2.13. The number of hydrogen-bond donors (Lipinski definition) is 1. The van der Waals surface area contributed by atoms with E-state index in [9.17, 15) is 14.0 Å². The lowest BCUT2D eigenvalue weighted by Crippen LogP contribution is -2.21. The van der Waals surface area contributed by atoms with Gasteiger partial charge in [0.05, 0.1) is 18.8 Å². The summed E-state index contributed by atoms with van der Waals surface area (Å²) in [6.45, 7) is 4.18. The van der Waals surface area contributed by atoms with Gasteiger partial charge in [0.15, 0.2) is 18.1 Å². The zero-order valence-electron chi connectivity index (χ0n) is 14.6. The van der Waals surface area contributed by atoms with Gasteiger partial charge in [0, 0.05) is 11.8 Å². The zero-order chi connectivity index (χ0) is 18.9. The van der Waals surface area contributed by atoms with E-state index in [-0.39, 0.29) is 5.56 Å². The van der Waals surface area contributed by atoms with Crippen molar-refractivity contribution in [1.82, 2.24) is 0 Å². The van der Waals surface area contributed by atoms with Gasteiger partial charge in [-0.1, -0.05) is 0 Å². The van der Waals surface area contributed by atoms with Gasteiger partial charge in [-0.3, -0.25) is 4.79 Å². The number of carbonyl (C=O) groups is 2. The van der Waals surface area contributed by atoms with Crippen molar-refractivity contribution in [3.05, 3.63) is 53.8 Å². The van der Waals surface area contributed by atoms with Crippen LogP contribution in [0.3, 0.4) is 0 Å². The Morgan fingerprint density at radius 3 is 2.27 bits per heavy atom. The molecule has 0 aliphatic heterocycles. The van der Waals surface area contributed by atoms with Crippen molar-refractivity contribution in [2.75, 3.05) is 25.1 Å². The first-order valence-corrected chi connectivity index (χ1v) is 8.15. The fraction of sp³-hybridized carbons (Fsp3) is 0.263. The number of halogens is 1. The molecule has 0 saturated heterocycles. The lowest BCUT2D eigenvalue weighted by molar-refractivity contribution is -0.119. The largest absolute Gasteiger partial charge is 0.490 e. The molecule has 1 N–H and O–H groups in total. The van der Waals surface area contributed by atoms with Crippen LogP contribution in [-0.4, -0.2) is 31.7 Å². The molecule has 0 saturated carbocycles. The molecule has 0 radical (unpaired) electrons. The third-order valence-electron chi connectivity index (χ3n) is 3.24. The molecule has 7 heteroatoms. The summed E-state index contributed by atoms with van der Waals surface area (Å²) in [5, 5.41) is 2.61. The number of nitrogens with one attached hydrogen (secondary N) is 1. The first-order chi connectivity index (χ1) is 12.5. The van der Waals surface area contributed by atoms with E-state index in [1.807, 2.05) is 13.8 Å². The van der Waals surface area contributed by atoms with Crippen LogP contribution in [0.1, 0.15) is 24.2 Å². The smallest absolute Gasteiger partial charge is 0.338 e. The number of carbonyl (C=O) groups excluding carboxylic acids is 2. The third-order valence-corrected chi connectivity index (χ3v) is 3.24. The summed E-state index contributed by atoms with van der Waals surface area (Å²) in [4.78, 5) is 23.8. The highest BCUT2D eigenvalue weighted by atomic mass is 19.1. The van der Waals surface area contributed by atoms with E-state index in [2.05, 4.69) is 5.32 Å². The molecular weight excluding hydrogens is 341 g/mol. The minimum absolute atomic E-state index is 0.166. The number of rotatable bonds is 8. The van der Waals surface area contributed by atoms with Gasteiger partial charge in [-0.2, -0.15) is 0 Å². The van der Waals surface area contributed by atoms with Gasteiger partial charge in [0.2, 0.25) is 0 Å². The minimum Gasteiger partial charge on any atom is -0.490 e. The predicted molar refractivity (Wildman–Crippen MR) is 94.1 cm³/mol. The zero-order valence-corrected chi connectivity index (χ0v) is 14.6. The molecule has 2 rings (SSSR count). The van der Waals surface area contributed by atoms with Crippen molar-refractivity contribution >= 4 is 17.6 Å². The van der Waals surface area contributed by atoms with Crippen LogP contribution in [0.15, 0.2) is 42.5 Å². The molecule has 26 heavy (non-hydrogen) atoms. The molecule has 1 amide bonds. The topological polar surface area (TPSA) is 73.9 Å². The van der Waals surface area contributed by atoms with E-state index in [1.165, 1.54) is 12.1 Å². The lowest BCUT2D eigenvalue weighted by Gasteiger charge is -2.13. The van der Waals surface area contributed by atoms with Crippen molar-refractivity contribution in [2.45, 2.75) is 13.8 Å². The van der Waals surface area contributed by atoms with Crippen LogP contribution in [-0.2, 0) is 9.53 Å². The van der Waals surface area contributed by atoms with Crippen LogP contribution in [0.5, 0.6) is 11.5 Å². The number of hydrogen-bond acceptors (Lipinski definition) is 5. The SMILES string of the molecule is CCOc1ccc(NC(=O)COC(=O)c2ccc(F)cc2)cc1OCC. The summed E-state index contributed by atoms with van der Waals surface area (Å²) in [5.74, 6) is -0.584. The average molecular weight is 361 g/mol. The summed E-state index contributed by atoms with van der Waals surface area (Å²) < 4.78 is 28.7. The number of ether oxygens (including phenoxy) is 3. The number of esters is 1. The average Bonchev–Trinajstić information content (AvgIpc) is 2.63. The summed E-state index contributed by atoms with van der Waals surface area (Å²) in [6.07, 6.45) is 0. The van der Waals surface area contributed by atoms with Crippen LogP contribution < -0.4 is 14.8 Å². The molecular formula is C19H20FNO5. The monoisotopic (exact) mass is 361 g/mol. The van der Waals surface area contributed by atoms with Crippen molar-refractivity contribution < 1.29 is 28.2 Å². The Hall–Kier alpha value is -3.09. The van der Waals surface area contributed by atoms with Gasteiger partial charge in [-0.25, -0.2) is 9.18 Å². The Kier molecular flexibility index (Phi) is 6.96. The summed E-state index contributed by atoms with van der Waals surface area (Å²) in [7, 11) is 0. The molecule has 2 aromatic carbocycles. The van der Waals surface area contributed by atoms with Crippen molar-refractivity contribution in [1.29, 1.82) is 0 Å². The van der Waals surface area contributed by atoms with Gasteiger partial charge >= 0.3 is 5.97 Å². The maximum Gasteiger partial charge on any atom is 0.338 e.